The van der Waals surface area contributed by atoms with Gasteiger partial charge >= 0.3 is 0 Å². The Morgan fingerprint density at radius 2 is 2.16 bits per heavy atom. The summed E-state index contributed by atoms with van der Waals surface area (Å²) in [4.78, 5) is 28.2. The molecule has 0 aliphatic heterocycles. The van der Waals surface area contributed by atoms with Gasteiger partial charge in [-0.1, -0.05) is 12.1 Å². The Kier molecular flexibility index (Phi) is 3.74. The summed E-state index contributed by atoms with van der Waals surface area (Å²) >= 11 is 0. The molecule has 0 aliphatic rings. The predicted octanol–water partition coefficient (Wildman–Crippen LogP) is 2.24. The Labute approximate surface area is 143 Å². The quantitative estimate of drug-likeness (QED) is 0.619. The summed E-state index contributed by atoms with van der Waals surface area (Å²) in [5.74, 6) is 1.23. The molecule has 0 bridgehead atoms. The van der Waals surface area contributed by atoms with Gasteiger partial charge in [-0.15, -0.1) is 0 Å². The fraction of sp³-hybridized carbons (Fsp3) is 0.111. The lowest BCUT2D eigenvalue weighted by Gasteiger charge is -2.06. The Morgan fingerprint density at radius 1 is 1.24 bits per heavy atom. The molecule has 3 aromatic heterocycles. The fourth-order valence-electron chi connectivity index (χ4n) is 2.71. The van der Waals surface area contributed by atoms with Gasteiger partial charge < -0.3 is 14.3 Å². The molecule has 0 amide bonds. The number of hydrogen-bond donors (Lipinski definition) is 1. The van der Waals surface area contributed by atoms with E-state index in [1.807, 2.05) is 30.3 Å². The van der Waals surface area contributed by atoms with E-state index in [0.29, 0.717) is 23.5 Å². The summed E-state index contributed by atoms with van der Waals surface area (Å²) in [5.41, 5.74) is 2.36. The highest BCUT2D eigenvalue weighted by atomic mass is 16.5. The smallest absolute Gasteiger partial charge is 0.277 e. The van der Waals surface area contributed by atoms with Gasteiger partial charge in [0.25, 0.3) is 5.56 Å². The number of nitrogens with one attached hydrogen (secondary N) is 1. The summed E-state index contributed by atoms with van der Waals surface area (Å²) in [5, 5.41) is 0. The van der Waals surface area contributed by atoms with Crippen LogP contribution in [-0.2, 0) is 6.54 Å². The molecule has 0 fully saturated rings. The van der Waals surface area contributed by atoms with Gasteiger partial charge in [-0.05, 0) is 29.8 Å². The lowest BCUT2D eigenvalue weighted by molar-refractivity contribution is 0.414. The van der Waals surface area contributed by atoms with Crippen molar-refractivity contribution in [1.29, 1.82) is 0 Å². The molecule has 1 N–H and O–H groups in total. The number of benzene rings is 1. The highest BCUT2D eigenvalue weighted by Crippen LogP contribution is 2.17. The maximum atomic E-state index is 12.6. The summed E-state index contributed by atoms with van der Waals surface area (Å²) in [6.45, 7) is 0.505. The fourth-order valence-corrected chi connectivity index (χ4v) is 2.71. The average molecular weight is 333 g/mol. The molecule has 25 heavy (non-hydrogen) atoms. The van der Waals surface area contributed by atoms with Gasteiger partial charge in [0, 0.05) is 24.5 Å². The van der Waals surface area contributed by atoms with Crippen LogP contribution in [0.15, 0.2) is 59.9 Å². The van der Waals surface area contributed by atoms with E-state index in [9.17, 15) is 4.79 Å². The first-order chi connectivity index (χ1) is 12.2. The minimum absolute atomic E-state index is 0.232. The van der Waals surface area contributed by atoms with E-state index in [2.05, 4.69) is 19.9 Å². The van der Waals surface area contributed by atoms with Crippen molar-refractivity contribution in [1.82, 2.24) is 24.5 Å². The first kappa shape index (κ1) is 15.1. The number of aromatic amines is 1. The van der Waals surface area contributed by atoms with Crippen molar-refractivity contribution < 1.29 is 4.74 Å². The molecular weight excluding hydrogens is 318 g/mol. The van der Waals surface area contributed by atoms with E-state index in [0.717, 1.165) is 16.9 Å². The molecule has 0 saturated heterocycles. The molecule has 0 atom stereocenters. The largest absolute Gasteiger partial charge is 0.497 e. The maximum Gasteiger partial charge on any atom is 0.277 e. The second-order valence-corrected chi connectivity index (χ2v) is 5.55. The van der Waals surface area contributed by atoms with E-state index >= 15 is 0 Å². The highest BCUT2D eigenvalue weighted by Gasteiger charge is 2.12. The Hall–Kier alpha value is -3.48. The number of rotatable bonds is 4. The number of H-pyrrole nitrogens is 1. The molecular formula is C18H15N5O2. The predicted molar refractivity (Wildman–Crippen MR) is 93.5 cm³/mol. The Morgan fingerprint density at radius 3 is 2.96 bits per heavy atom. The SMILES string of the molecule is COc1cccc(Cn2cnc3nc(-c4cccnc4)[nH]c(=O)c32)c1. The molecule has 4 aromatic rings. The van der Waals surface area contributed by atoms with Gasteiger partial charge in [-0.25, -0.2) is 9.97 Å². The molecule has 0 unspecified atom stereocenters. The van der Waals surface area contributed by atoms with Crippen LogP contribution in [-0.4, -0.2) is 31.6 Å². The van der Waals surface area contributed by atoms with Gasteiger partial charge in [0.15, 0.2) is 11.2 Å². The molecule has 0 spiro atoms. The van der Waals surface area contributed by atoms with Crippen molar-refractivity contribution in [2.24, 2.45) is 0 Å². The van der Waals surface area contributed by atoms with Crippen molar-refractivity contribution >= 4 is 11.2 Å². The molecule has 0 aliphatic carbocycles. The lowest BCUT2D eigenvalue weighted by atomic mass is 10.2. The standard InChI is InChI=1S/C18H15N5O2/c1-25-14-6-2-4-12(8-14)10-23-11-20-17-15(23)18(24)22-16(21-17)13-5-3-7-19-9-13/h2-9,11H,10H2,1H3,(H,21,22,24). The van der Waals surface area contributed by atoms with Crippen LogP contribution in [0, 0.1) is 0 Å². The summed E-state index contributed by atoms with van der Waals surface area (Å²) in [6, 6.07) is 11.3. The van der Waals surface area contributed by atoms with Gasteiger partial charge in [-0.2, -0.15) is 0 Å². The van der Waals surface area contributed by atoms with Crippen LogP contribution < -0.4 is 10.3 Å². The van der Waals surface area contributed by atoms with Crippen molar-refractivity contribution in [2.45, 2.75) is 6.54 Å². The number of aromatic nitrogens is 5. The van der Waals surface area contributed by atoms with Gasteiger partial charge in [0.2, 0.25) is 0 Å². The van der Waals surface area contributed by atoms with Crippen molar-refractivity contribution in [2.75, 3.05) is 7.11 Å². The number of methoxy groups -OCH3 is 1. The lowest BCUT2D eigenvalue weighted by Crippen LogP contribution is -2.13. The normalized spacial score (nSPS) is 10.9. The van der Waals surface area contributed by atoms with E-state index in [1.165, 1.54) is 0 Å². The van der Waals surface area contributed by atoms with Crippen LogP contribution in [0.5, 0.6) is 5.75 Å². The molecule has 1 aromatic carbocycles. The second-order valence-electron chi connectivity index (χ2n) is 5.55. The van der Waals surface area contributed by atoms with Gasteiger partial charge in [-0.3, -0.25) is 9.78 Å². The summed E-state index contributed by atoms with van der Waals surface area (Å²) in [7, 11) is 1.63. The topological polar surface area (TPSA) is 85.7 Å². The van der Waals surface area contributed by atoms with Crippen molar-refractivity contribution in [3.8, 4) is 17.1 Å². The van der Waals surface area contributed by atoms with Gasteiger partial charge in [0.1, 0.15) is 11.6 Å². The van der Waals surface area contributed by atoms with Crippen molar-refractivity contribution in [3.63, 3.8) is 0 Å². The minimum Gasteiger partial charge on any atom is -0.497 e. The van der Waals surface area contributed by atoms with Crippen LogP contribution >= 0.6 is 0 Å². The zero-order valence-corrected chi connectivity index (χ0v) is 13.5. The number of ether oxygens (including phenoxy) is 1. The van der Waals surface area contributed by atoms with E-state index in [4.69, 9.17) is 4.74 Å². The Balaban J connectivity index is 1.76. The third-order valence-electron chi connectivity index (χ3n) is 3.91. The van der Waals surface area contributed by atoms with E-state index < -0.39 is 0 Å². The van der Waals surface area contributed by atoms with E-state index in [1.54, 1.807) is 36.5 Å². The van der Waals surface area contributed by atoms with Crippen LogP contribution in [0.4, 0.5) is 0 Å². The molecule has 3 heterocycles. The third kappa shape index (κ3) is 2.87. The maximum absolute atomic E-state index is 12.6. The minimum atomic E-state index is -0.232. The monoisotopic (exact) mass is 333 g/mol. The highest BCUT2D eigenvalue weighted by molar-refractivity contribution is 5.72. The van der Waals surface area contributed by atoms with Crippen LogP contribution in [0.25, 0.3) is 22.6 Å². The number of nitrogens with zero attached hydrogens (tertiary/aromatic N) is 4. The summed E-state index contributed by atoms with van der Waals surface area (Å²) in [6.07, 6.45) is 4.94. The van der Waals surface area contributed by atoms with Crippen LogP contribution in [0.2, 0.25) is 0 Å². The molecule has 124 valence electrons. The van der Waals surface area contributed by atoms with Gasteiger partial charge in [0.05, 0.1) is 13.4 Å². The molecule has 7 heteroatoms. The average Bonchev–Trinajstić information content (AvgIpc) is 3.06. The number of imidazole rings is 1. The molecule has 0 radical (unpaired) electrons. The number of fused-ring (bicyclic) bond motifs is 1. The summed E-state index contributed by atoms with van der Waals surface area (Å²) < 4.78 is 7.02. The molecule has 0 saturated carbocycles. The van der Waals surface area contributed by atoms with Crippen LogP contribution in [0.3, 0.4) is 0 Å². The zero-order chi connectivity index (χ0) is 17.2. The number of hydrogen-bond acceptors (Lipinski definition) is 5. The molecule has 4 rings (SSSR count). The van der Waals surface area contributed by atoms with E-state index in [-0.39, 0.29) is 5.56 Å². The molecule has 7 nitrogen and oxygen atoms in total. The first-order valence-electron chi connectivity index (χ1n) is 7.73. The van der Waals surface area contributed by atoms with Crippen LogP contribution in [0.1, 0.15) is 5.56 Å². The third-order valence-corrected chi connectivity index (χ3v) is 3.91. The Bertz CT molecular complexity index is 1090. The second kappa shape index (κ2) is 6.20. The number of pyridine rings is 1. The zero-order valence-electron chi connectivity index (χ0n) is 13.5. The van der Waals surface area contributed by atoms with Crippen molar-refractivity contribution in [3.05, 3.63) is 71.0 Å². The first-order valence-corrected chi connectivity index (χ1v) is 7.73.